The second-order valence-corrected chi connectivity index (χ2v) is 26.7. The lowest BCUT2D eigenvalue weighted by Crippen LogP contribution is -2.75. The van der Waals surface area contributed by atoms with Crippen molar-refractivity contribution in [1.29, 1.82) is 0 Å². The van der Waals surface area contributed by atoms with Crippen molar-refractivity contribution in [3.8, 4) is 67.0 Å². The van der Waals surface area contributed by atoms with Crippen molar-refractivity contribution in [2.24, 2.45) is 0 Å². The van der Waals surface area contributed by atoms with E-state index in [4.69, 9.17) is 4.98 Å². The van der Waals surface area contributed by atoms with E-state index in [1.54, 1.807) is 0 Å². The highest BCUT2D eigenvalue weighted by Crippen LogP contribution is 2.58. The Morgan fingerprint density at radius 3 is 1.45 bits per heavy atom. The first-order valence-electron chi connectivity index (χ1n) is 28.5. The summed E-state index contributed by atoms with van der Waals surface area (Å²) in [6, 6.07) is 116. The van der Waals surface area contributed by atoms with Crippen molar-refractivity contribution in [3.63, 3.8) is 0 Å². The van der Waals surface area contributed by atoms with Gasteiger partial charge in [-0.3, -0.25) is 0 Å². The molecule has 0 amide bonds. The number of hydrogen-bond donors (Lipinski definition) is 0. The van der Waals surface area contributed by atoms with Gasteiger partial charge in [-0.25, -0.2) is 4.98 Å². The maximum absolute atomic E-state index is 5.68. The van der Waals surface area contributed by atoms with Crippen molar-refractivity contribution in [1.82, 2.24) is 4.98 Å². The van der Waals surface area contributed by atoms with Crippen LogP contribution in [0.5, 0.6) is 0 Å². The largest absolute Gasteiger partial charge is 0.248 e. The highest BCUT2D eigenvalue weighted by atomic mass is 32.1. The molecule has 3 aliphatic carbocycles. The lowest BCUT2D eigenvalue weighted by Gasteiger charge is -2.47. The molecule has 1 nitrogen and oxygen atoms in total. The van der Waals surface area contributed by atoms with Crippen LogP contribution < -0.4 is 20.7 Å². The van der Waals surface area contributed by atoms with Gasteiger partial charge in [-0.05, 0) is 111 Å². The van der Waals surface area contributed by atoms with Crippen molar-refractivity contribution < 1.29 is 0 Å². The number of hydrogen-bond acceptors (Lipinski definition) is 2. The quantitative estimate of drug-likeness (QED) is 0.0982. The molecule has 2 heterocycles. The first-order chi connectivity index (χ1) is 40.7. The lowest BCUT2D eigenvalue weighted by atomic mass is 9.60. The molecule has 0 radical (unpaired) electrons. The van der Waals surface area contributed by atoms with Crippen molar-refractivity contribution in [2.75, 3.05) is 0 Å². The molecule has 0 fully saturated rings. The van der Waals surface area contributed by atoms with Crippen LogP contribution in [0.2, 0.25) is 0 Å². The van der Waals surface area contributed by atoms with Gasteiger partial charge < -0.3 is 0 Å². The van der Waals surface area contributed by atoms with Crippen LogP contribution in [0, 0.1) is 0 Å². The summed E-state index contributed by atoms with van der Waals surface area (Å²) in [5, 5.41) is 8.16. The summed E-state index contributed by atoms with van der Waals surface area (Å²) in [4.78, 5) is 5.68. The van der Waals surface area contributed by atoms with Crippen LogP contribution in [0.25, 0.3) is 87.2 Å². The minimum atomic E-state index is -3.08. The van der Waals surface area contributed by atoms with E-state index in [0.29, 0.717) is 0 Å². The lowest BCUT2D eigenvalue weighted by molar-refractivity contribution is 0.760. The zero-order chi connectivity index (χ0) is 54.1. The van der Waals surface area contributed by atoms with E-state index in [1.165, 1.54) is 113 Å². The number of nitrogens with zero attached hydrogens (tertiary/aromatic N) is 1. The van der Waals surface area contributed by atoms with Crippen molar-refractivity contribution in [2.45, 2.75) is 11.8 Å². The maximum atomic E-state index is 5.68. The van der Waals surface area contributed by atoms with Gasteiger partial charge in [0.05, 0.1) is 11.4 Å². The summed E-state index contributed by atoms with van der Waals surface area (Å²) in [5.74, 6) is 0.00204. The molecule has 12 aromatic carbocycles. The minimum Gasteiger partial charge on any atom is -0.248 e. The molecule has 2 unspecified atom stereocenters. The number of fused-ring (bicyclic) bond motifs is 3. The Hall–Kier alpha value is -9.77. The summed E-state index contributed by atoms with van der Waals surface area (Å²) in [5.41, 5.74) is 22.2. The predicted octanol–water partition coefficient (Wildman–Crippen LogP) is 17.8. The molecule has 384 valence electrons. The monoisotopic (exact) mass is 1080 g/mol. The molecule has 3 heteroatoms. The molecular formula is C79H53NSSi. The fraction of sp³-hybridized carbons (Fsp3) is 0.0253. The number of thiophene rings is 1. The van der Waals surface area contributed by atoms with Crippen LogP contribution in [0.1, 0.15) is 45.2 Å². The Morgan fingerprint density at radius 1 is 0.280 bits per heavy atom. The van der Waals surface area contributed by atoms with Crippen molar-refractivity contribution in [3.05, 3.63) is 343 Å². The van der Waals surface area contributed by atoms with E-state index in [9.17, 15) is 0 Å². The fourth-order valence-corrected chi connectivity index (χ4v) is 20.5. The third kappa shape index (κ3) is 7.62. The molecule has 2 aromatic heterocycles. The summed E-state index contributed by atoms with van der Waals surface area (Å²) in [7, 11) is -3.08. The molecule has 0 N–H and O–H groups in total. The summed E-state index contributed by atoms with van der Waals surface area (Å²) in [6.07, 6.45) is 0. The average Bonchev–Trinajstić information content (AvgIpc) is 1.47. The van der Waals surface area contributed by atoms with Gasteiger partial charge in [0.15, 0.2) is 8.07 Å². The Bertz CT molecular complexity index is 4700. The van der Waals surface area contributed by atoms with Crippen LogP contribution in [-0.2, 0) is 0 Å². The molecule has 14 aromatic rings. The smallest absolute Gasteiger partial charge is 0.179 e. The Morgan fingerprint density at radius 2 is 0.744 bits per heavy atom. The molecule has 2 bridgehead atoms. The first kappa shape index (κ1) is 48.2. The molecule has 17 rings (SSSR count). The van der Waals surface area contributed by atoms with E-state index in [1.807, 2.05) is 11.3 Å². The van der Waals surface area contributed by atoms with Gasteiger partial charge in [0.2, 0.25) is 0 Å². The first-order valence-corrected chi connectivity index (χ1v) is 31.3. The molecule has 82 heavy (non-hydrogen) atoms. The molecule has 0 saturated carbocycles. The summed E-state index contributed by atoms with van der Waals surface area (Å²) >= 11 is 1.88. The summed E-state index contributed by atoms with van der Waals surface area (Å²) < 4.78 is 2.61. The van der Waals surface area contributed by atoms with Gasteiger partial charge >= 0.3 is 0 Å². The standard InChI is InChI=1S/C79H53NSSi/c1-5-24-52(25-6-1)53-46-48-58(49-47-53)82(56-28-9-3-10-29-56,57-30-11-4-12-31-57)74-45-23-43-70-75-65-37-17-18-38-66(65)78(77(70)74)76-64(39-21-42-69(75)76)61-34-15-16-35-62(61)72-51-55(50-71(80-72)54-26-7-2-8-27-54)59-32-13-14-33-60(59)67-40-22-41-68-63-36-19-20-44-73(63)81-79(67)68/h1-51,75,78H. The fourth-order valence-electron chi connectivity index (χ4n) is 14.2. The summed E-state index contributed by atoms with van der Waals surface area (Å²) in [6.45, 7) is 0. The Kier molecular flexibility index (Phi) is 11.6. The number of benzene rings is 12. The third-order valence-electron chi connectivity index (χ3n) is 17.7. The van der Waals surface area contributed by atoms with Gasteiger partial charge in [0, 0.05) is 48.7 Å². The van der Waals surface area contributed by atoms with Gasteiger partial charge in [-0.1, -0.05) is 291 Å². The molecule has 2 atom stereocenters. The highest BCUT2D eigenvalue weighted by molar-refractivity contribution is 7.26. The van der Waals surface area contributed by atoms with Crippen LogP contribution in [0.15, 0.2) is 309 Å². The van der Waals surface area contributed by atoms with Crippen LogP contribution in [0.4, 0.5) is 0 Å². The minimum absolute atomic E-state index is 0.0443. The Labute approximate surface area is 483 Å². The predicted molar refractivity (Wildman–Crippen MR) is 348 cm³/mol. The van der Waals surface area contributed by atoms with Crippen LogP contribution >= 0.6 is 11.3 Å². The molecule has 0 spiro atoms. The molecule has 0 saturated heterocycles. The van der Waals surface area contributed by atoms with Gasteiger partial charge in [-0.15, -0.1) is 11.3 Å². The van der Waals surface area contributed by atoms with Gasteiger partial charge in [0.1, 0.15) is 0 Å². The zero-order valence-electron chi connectivity index (χ0n) is 45.0. The number of aromatic nitrogens is 1. The SMILES string of the molecule is c1ccc(-c2ccc([Si](c3ccccc3)(c3ccccc3)c3cccc4c3C3c5ccccc5C4c4cccc(-c5ccccc5-c5cc(-c6ccccc6-c6cccc7c6sc6ccccc67)cc(-c6ccccc6)n5)c43)cc2)cc1. The normalized spacial score (nSPS) is 14.1. The maximum Gasteiger partial charge on any atom is 0.179 e. The number of pyridine rings is 1. The van der Waals surface area contributed by atoms with Crippen LogP contribution in [0.3, 0.4) is 0 Å². The van der Waals surface area contributed by atoms with Gasteiger partial charge in [0.25, 0.3) is 0 Å². The molecular weight excluding hydrogens is 1020 g/mol. The van der Waals surface area contributed by atoms with E-state index in [2.05, 4.69) is 309 Å². The second kappa shape index (κ2) is 19.8. The molecule has 3 aliphatic rings. The average molecular weight is 1080 g/mol. The zero-order valence-corrected chi connectivity index (χ0v) is 46.8. The third-order valence-corrected chi connectivity index (χ3v) is 23.7. The van der Waals surface area contributed by atoms with E-state index in [-0.39, 0.29) is 11.8 Å². The van der Waals surface area contributed by atoms with Gasteiger partial charge in [-0.2, -0.15) is 0 Å². The second-order valence-electron chi connectivity index (χ2n) is 21.9. The number of rotatable bonds is 10. The van der Waals surface area contributed by atoms with E-state index >= 15 is 0 Å². The topological polar surface area (TPSA) is 12.9 Å². The van der Waals surface area contributed by atoms with E-state index in [0.717, 1.165) is 28.1 Å². The van der Waals surface area contributed by atoms with E-state index < -0.39 is 8.07 Å². The molecule has 0 aliphatic heterocycles. The Balaban J connectivity index is 0.917. The van der Waals surface area contributed by atoms with Crippen molar-refractivity contribution >= 4 is 60.3 Å². The van der Waals surface area contributed by atoms with Crippen LogP contribution in [-0.4, -0.2) is 13.1 Å². The highest BCUT2D eigenvalue weighted by Gasteiger charge is 2.50.